The first kappa shape index (κ1) is 68.1. The Morgan fingerprint density at radius 1 is 0.292 bits per heavy atom. The Balaban J connectivity index is 4.29. The first-order chi connectivity index (χ1) is 35.5. The van der Waals surface area contributed by atoms with Crippen LogP contribution < -0.4 is 0 Å². The SMILES string of the molecule is CC/C=C\C/C=C\C/C=C\C/C=C\C/C=C\C/C=C\C/C=C\CCCCCCCCCC(=O)OCC(COC(=O)CCCCCCCCCCCCC)OC(=O)CCCCCCC/C=C\C/C=C\CCCC. The van der Waals surface area contributed by atoms with Gasteiger partial charge in [-0.1, -0.05) is 259 Å². The molecule has 6 heteroatoms. The van der Waals surface area contributed by atoms with Crippen LogP contribution in [0.25, 0.3) is 0 Å². The average molecular weight is 1000 g/mol. The van der Waals surface area contributed by atoms with Crippen molar-refractivity contribution in [2.45, 2.75) is 277 Å². The van der Waals surface area contributed by atoms with Crippen LogP contribution in [0.2, 0.25) is 0 Å². The summed E-state index contributed by atoms with van der Waals surface area (Å²) in [4.78, 5) is 38.1. The fraction of sp³-hybridized carbons (Fsp3) is 0.682. The Bertz CT molecular complexity index is 1470. The molecule has 0 rings (SSSR count). The Labute approximate surface area is 444 Å². The smallest absolute Gasteiger partial charge is 0.306 e. The van der Waals surface area contributed by atoms with Crippen LogP contribution in [0.4, 0.5) is 0 Å². The molecule has 0 radical (unpaired) electrons. The fourth-order valence-corrected chi connectivity index (χ4v) is 8.03. The molecule has 0 spiro atoms. The Kier molecular flexibility index (Phi) is 56.4. The number of carbonyl (C=O) groups excluding carboxylic acids is 3. The standard InChI is InChI=1S/C66H110O6/c1-4-7-10-13-16-19-22-24-26-27-28-29-30-31-32-33-34-35-36-37-38-39-40-42-44-47-50-53-56-59-65(68)71-62-63(61-70-64(67)58-55-52-49-46-43-21-18-15-12-9-6-3)72-66(69)60-57-54-51-48-45-41-25-23-20-17-14-11-8-5-2/h7,10,14,16-17,19,23-26,28-29,31-32,34-35,37-38,63H,4-6,8-9,11-13,15,18,20-22,27,30,33,36,39-62H2,1-3H3/b10-7-,17-14-,19-16-,25-23-,26-24-,29-28-,32-31-,35-34-,38-37-. The van der Waals surface area contributed by atoms with E-state index in [0.717, 1.165) is 135 Å². The van der Waals surface area contributed by atoms with E-state index in [1.165, 1.54) is 96.3 Å². The van der Waals surface area contributed by atoms with Crippen molar-refractivity contribution in [3.63, 3.8) is 0 Å². The molecule has 6 nitrogen and oxygen atoms in total. The van der Waals surface area contributed by atoms with Crippen LogP contribution in [0.5, 0.6) is 0 Å². The van der Waals surface area contributed by atoms with Crippen LogP contribution in [-0.2, 0) is 28.6 Å². The minimum Gasteiger partial charge on any atom is -0.462 e. The zero-order valence-electron chi connectivity index (χ0n) is 46.9. The van der Waals surface area contributed by atoms with E-state index >= 15 is 0 Å². The number of unbranched alkanes of at least 4 members (excludes halogenated alkanes) is 24. The molecule has 72 heavy (non-hydrogen) atoms. The summed E-state index contributed by atoms with van der Waals surface area (Å²) in [5.41, 5.74) is 0. The summed E-state index contributed by atoms with van der Waals surface area (Å²) >= 11 is 0. The van der Waals surface area contributed by atoms with Gasteiger partial charge in [0, 0.05) is 19.3 Å². The summed E-state index contributed by atoms with van der Waals surface area (Å²) < 4.78 is 16.8. The van der Waals surface area contributed by atoms with E-state index < -0.39 is 6.10 Å². The zero-order valence-corrected chi connectivity index (χ0v) is 46.9. The van der Waals surface area contributed by atoms with Gasteiger partial charge in [-0.05, 0) is 103 Å². The summed E-state index contributed by atoms with van der Waals surface area (Å²) in [5, 5.41) is 0. The second kappa shape index (κ2) is 59.6. The number of hydrogen-bond acceptors (Lipinski definition) is 6. The number of rotatable bonds is 53. The largest absolute Gasteiger partial charge is 0.462 e. The van der Waals surface area contributed by atoms with Gasteiger partial charge in [0.05, 0.1) is 0 Å². The lowest BCUT2D eigenvalue weighted by atomic mass is 10.1. The lowest BCUT2D eigenvalue weighted by molar-refractivity contribution is -0.167. The van der Waals surface area contributed by atoms with Gasteiger partial charge in [0.2, 0.25) is 0 Å². The molecule has 0 heterocycles. The third-order valence-electron chi connectivity index (χ3n) is 12.5. The molecule has 0 amide bonds. The average Bonchev–Trinajstić information content (AvgIpc) is 3.38. The Hall–Kier alpha value is -3.93. The van der Waals surface area contributed by atoms with Crippen molar-refractivity contribution in [1.82, 2.24) is 0 Å². The molecule has 0 aromatic carbocycles. The van der Waals surface area contributed by atoms with Gasteiger partial charge in [-0.15, -0.1) is 0 Å². The molecule has 0 aliphatic rings. The van der Waals surface area contributed by atoms with E-state index in [1.807, 2.05) is 0 Å². The molecule has 0 aromatic rings. The molecule has 1 unspecified atom stereocenters. The minimum absolute atomic E-state index is 0.0861. The van der Waals surface area contributed by atoms with E-state index in [4.69, 9.17) is 14.2 Å². The molecule has 1 atom stereocenters. The quantitative estimate of drug-likeness (QED) is 0.0261. The fourth-order valence-electron chi connectivity index (χ4n) is 8.03. The van der Waals surface area contributed by atoms with Gasteiger partial charge in [-0.3, -0.25) is 14.4 Å². The number of carbonyl (C=O) groups is 3. The van der Waals surface area contributed by atoms with Crippen molar-refractivity contribution in [2.75, 3.05) is 13.2 Å². The molecule has 0 fully saturated rings. The maximum absolute atomic E-state index is 12.8. The van der Waals surface area contributed by atoms with Gasteiger partial charge in [0.1, 0.15) is 13.2 Å². The molecule has 410 valence electrons. The van der Waals surface area contributed by atoms with Crippen LogP contribution in [0.15, 0.2) is 109 Å². The maximum Gasteiger partial charge on any atom is 0.306 e. The Morgan fingerprint density at radius 2 is 0.556 bits per heavy atom. The number of ether oxygens (including phenoxy) is 3. The monoisotopic (exact) mass is 999 g/mol. The third kappa shape index (κ3) is 57.0. The molecule has 0 aliphatic carbocycles. The topological polar surface area (TPSA) is 78.9 Å². The highest BCUT2D eigenvalue weighted by atomic mass is 16.6. The van der Waals surface area contributed by atoms with Gasteiger partial charge in [-0.2, -0.15) is 0 Å². The first-order valence-electron chi connectivity index (χ1n) is 29.9. The predicted octanol–water partition coefficient (Wildman–Crippen LogP) is 20.3. The number of allylic oxidation sites excluding steroid dienone is 18. The summed E-state index contributed by atoms with van der Waals surface area (Å²) in [6, 6.07) is 0. The van der Waals surface area contributed by atoms with Crippen molar-refractivity contribution in [3.8, 4) is 0 Å². The van der Waals surface area contributed by atoms with E-state index in [0.29, 0.717) is 19.3 Å². The normalized spacial score (nSPS) is 12.9. The van der Waals surface area contributed by atoms with Crippen LogP contribution in [0, 0.1) is 0 Å². The van der Waals surface area contributed by atoms with Gasteiger partial charge in [-0.25, -0.2) is 0 Å². The molecular formula is C66H110O6. The first-order valence-corrected chi connectivity index (χ1v) is 29.9. The highest BCUT2D eigenvalue weighted by Crippen LogP contribution is 2.15. The molecule has 0 saturated heterocycles. The van der Waals surface area contributed by atoms with Crippen LogP contribution in [0.3, 0.4) is 0 Å². The number of hydrogen-bond donors (Lipinski definition) is 0. The maximum atomic E-state index is 12.8. The third-order valence-corrected chi connectivity index (χ3v) is 12.5. The zero-order chi connectivity index (χ0) is 52.2. The summed E-state index contributed by atoms with van der Waals surface area (Å²) in [7, 11) is 0. The van der Waals surface area contributed by atoms with Crippen molar-refractivity contribution in [2.24, 2.45) is 0 Å². The lowest BCUT2D eigenvalue weighted by Crippen LogP contribution is -2.30. The van der Waals surface area contributed by atoms with Crippen molar-refractivity contribution >= 4 is 17.9 Å². The van der Waals surface area contributed by atoms with Crippen molar-refractivity contribution in [1.29, 1.82) is 0 Å². The summed E-state index contributed by atoms with van der Waals surface area (Å²) in [6.07, 6.45) is 80.8. The highest BCUT2D eigenvalue weighted by Gasteiger charge is 2.19. The molecular weight excluding hydrogens is 889 g/mol. The summed E-state index contributed by atoms with van der Waals surface area (Å²) in [6.45, 7) is 6.46. The van der Waals surface area contributed by atoms with Gasteiger partial charge >= 0.3 is 17.9 Å². The van der Waals surface area contributed by atoms with Gasteiger partial charge < -0.3 is 14.2 Å². The second-order valence-corrected chi connectivity index (χ2v) is 19.5. The molecule has 0 aliphatic heterocycles. The van der Waals surface area contributed by atoms with Gasteiger partial charge in [0.25, 0.3) is 0 Å². The second-order valence-electron chi connectivity index (χ2n) is 19.5. The summed E-state index contributed by atoms with van der Waals surface area (Å²) in [5.74, 6) is -0.911. The molecule has 0 bridgehead atoms. The van der Waals surface area contributed by atoms with Crippen LogP contribution >= 0.6 is 0 Å². The minimum atomic E-state index is -0.789. The van der Waals surface area contributed by atoms with E-state index in [-0.39, 0.29) is 31.1 Å². The van der Waals surface area contributed by atoms with E-state index in [2.05, 4.69) is 130 Å². The van der Waals surface area contributed by atoms with Crippen LogP contribution in [0.1, 0.15) is 271 Å². The van der Waals surface area contributed by atoms with Crippen LogP contribution in [-0.4, -0.2) is 37.2 Å². The Morgan fingerprint density at radius 3 is 0.889 bits per heavy atom. The van der Waals surface area contributed by atoms with E-state index in [1.54, 1.807) is 0 Å². The molecule has 0 aromatic heterocycles. The van der Waals surface area contributed by atoms with Crippen molar-refractivity contribution < 1.29 is 28.6 Å². The molecule has 0 N–H and O–H groups in total. The number of esters is 3. The predicted molar refractivity (Wildman–Crippen MR) is 311 cm³/mol. The lowest BCUT2D eigenvalue weighted by Gasteiger charge is -2.18. The highest BCUT2D eigenvalue weighted by molar-refractivity contribution is 5.71. The van der Waals surface area contributed by atoms with Gasteiger partial charge in [0.15, 0.2) is 6.10 Å². The van der Waals surface area contributed by atoms with E-state index in [9.17, 15) is 14.4 Å². The van der Waals surface area contributed by atoms with Crippen molar-refractivity contribution in [3.05, 3.63) is 109 Å². The molecule has 0 saturated carbocycles.